The van der Waals surface area contributed by atoms with Crippen molar-refractivity contribution in [2.75, 3.05) is 5.32 Å². The first-order valence-corrected chi connectivity index (χ1v) is 7.69. The molecule has 0 spiro atoms. The van der Waals surface area contributed by atoms with Gasteiger partial charge in [0.1, 0.15) is 23.8 Å². The normalized spacial score (nSPS) is 15.0. The molecule has 0 heterocycles. The van der Waals surface area contributed by atoms with Crippen LogP contribution < -0.4 is 11.1 Å². The maximum atomic E-state index is 14.2. The Labute approximate surface area is 147 Å². The average Bonchev–Trinajstić information content (AvgIpc) is 3.00. The van der Waals surface area contributed by atoms with Crippen molar-refractivity contribution in [2.45, 2.75) is 18.9 Å². The van der Waals surface area contributed by atoms with Crippen molar-refractivity contribution in [1.82, 2.24) is 0 Å². The summed E-state index contributed by atoms with van der Waals surface area (Å²) in [5.74, 6) is -1.83. The van der Waals surface area contributed by atoms with E-state index in [0.717, 1.165) is 12.1 Å². The van der Waals surface area contributed by atoms with Gasteiger partial charge in [0.15, 0.2) is 0 Å². The third kappa shape index (κ3) is 3.19. The van der Waals surface area contributed by atoms with E-state index in [4.69, 9.17) is 15.7 Å². The molecule has 1 atom stereocenters. The van der Waals surface area contributed by atoms with Gasteiger partial charge in [-0.1, -0.05) is 0 Å². The molecular weight excluding hydrogens is 344 g/mol. The number of primary amides is 1. The van der Waals surface area contributed by atoms with Crippen LogP contribution in [-0.4, -0.2) is 12.0 Å². The van der Waals surface area contributed by atoms with Gasteiger partial charge in [-0.3, -0.25) is 4.79 Å². The van der Waals surface area contributed by atoms with Gasteiger partial charge in [0.25, 0.3) is 5.91 Å². The molecule has 0 unspecified atom stereocenters. The molecule has 1 aliphatic carbocycles. The van der Waals surface area contributed by atoms with Crippen molar-refractivity contribution in [3.63, 3.8) is 0 Å². The lowest BCUT2D eigenvalue weighted by Gasteiger charge is -2.14. The molecule has 6 nitrogen and oxygen atoms in total. The Morgan fingerprint density at radius 3 is 2.65 bits per heavy atom. The van der Waals surface area contributed by atoms with E-state index in [-0.39, 0.29) is 22.4 Å². The Morgan fingerprint density at radius 1 is 1.23 bits per heavy atom. The number of rotatable bonds is 3. The predicted octanol–water partition coefficient (Wildman–Crippen LogP) is 3.17. The van der Waals surface area contributed by atoms with Crippen molar-refractivity contribution in [1.29, 1.82) is 5.26 Å². The zero-order valence-electron chi connectivity index (χ0n) is 13.4. The molecule has 0 fully saturated rings. The summed E-state index contributed by atoms with van der Waals surface area (Å²) in [7, 11) is 0. The number of carbonyl (C=O) groups excluding carboxylic acids is 2. The fourth-order valence-electron chi connectivity index (χ4n) is 3.03. The second-order valence-electron chi connectivity index (χ2n) is 5.71. The summed E-state index contributed by atoms with van der Waals surface area (Å²) in [6, 6.07) is 7.71. The largest absolute Gasteiger partial charge is 0.441 e. The molecule has 0 aliphatic heterocycles. The third-order valence-electron chi connectivity index (χ3n) is 4.13. The zero-order chi connectivity index (χ0) is 18.8. The van der Waals surface area contributed by atoms with Crippen LogP contribution in [0.4, 0.5) is 19.3 Å². The van der Waals surface area contributed by atoms with Gasteiger partial charge < -0.3 is 15.8 Å². The molecule has 3 rings (SSSR count). The topological polar surface area (TPSA) is 105 Å². The highest BCUT2D eigenvalue weighted by Crippen LogP contribution is 2.38. The summed E-state index contributed by atoms with van der Waals surface area (Å²) in [4.78, 5) is 23.5. The summed E-state index contributed by atoms with van der Waals surface area (Å²) in [6.45, 7) is 0. The molecule has 0 aromatic heterocycles. The number of nitrogens with zero attached hydrogens (tertiary/aromatic N) is 1. The standard InChI is InChI=1S/C18H13F2N3O3/c19-13-4-1-10(7-9(13)8-21)23-17(24)12-2-5-14(20)16-11(12)3-6-15(16)26-18(22)25/h1-2,4-5,7,15H,3,6H2,(H2,22,25)(H,23,24)/t15-/m0/s1. The first kappa shape index (κ1) is 17.4. The predicted molar refractivity (Wildman–Crippen MR) is 87.2 cm³/mol. The number of carbonyl (C=O) groups is 2. The Balaban J connectivity index is 1.91. The molecule has 0 saturated heterocycles. The highest BCUT2D eigenvalue weighted by molar-refractivity contribution is 6.05. The molecule has 0 saturated carbocycles. The number of halogens is 2. The minimum atomic E-state index is -1.02. The van der Waals surface area contributed by atoms with Crippen molar-refractivity contribution in [3.05, 3.63) is 64.2 Å². The van der Waals surface area contributed by atoms with Crippen molar-refractivity contribution >= 4 is 17.7 Å². The SMILES string of the molecule is N#Cc1cc(NC(=O)c2ccc(F)c3c2CC[C@@H]3OC(N)=O)ccc1F. The summed E-state index contributed by atoms with van der Waals surface area (Å²) in [5.41, 5.74) is 5.79. The summed E-state index contributed by atoms with van der Waals surface area (Å²) >= 11 is 0. The summed E-state index contributed by atoms with van der Waals surface area (Å²) in [6.07, 6.45) is -1.21. The van der Waals surface area contributed by atoms with E-state index in [1.54, 1.807) is 6.07 Å². The van der Waals surface area contributed by atoms with Crippen LogP contribution in [0.2, 0.25) is 0 Å². The Bertz CT molecular complexity index is 953. The van der Waals surface area contributed by atoms with Crippen molar-refractivity contribution in [3.8, 4) is 6.07 Å². The molecule has 8 heteroatoms. The van der Waals surface area contributed by atoms with Crippen LogP contribution in [0.25, 0.3) is 0 Å². The van der Waals surface area contributed by atoms with E-state index in [9.17, 15) is 18.4 Å². The van der Waals surface area contributed by atoms with Crippen LogP contribution in [0.1, 0.15) is 39.6 Å². The van der Waals surface area contributed by atoms with Crippen molar-refractivity contribution in [2.24, 2.45) is 5.73 Å². The van der Waals surface area contributed by atoms with Gasteiger partial charge in [0, 0.05) is 16.8 Å². The number of fused-ring (bicyclic) bond motifs is 1. The molecule has 0 radical (unpaired) electrons. The number of nitrogens with two attached hydrogens (primary N) is 1. The van der Waals surface area contributed by atoms with E-state index < -0.39 is 29.7 Å². The van der Waals surface area contributed by atoms with E-state index in [1.165, 1.54) is 18.2 Å². The van der Waals surface area contributed by atoms with Gasteiger partial charge in [-0.05, 0) is 48.7 Å². The number of nitrogens with one attached hydrogen (secondary N) is 1. The Morgan fingerprint density at radius 2 is 1.96 bits per heavy atom. The summed E-state index contributed by atoms with van der Waals surface area (Å²) < 4.78 is 32.4. The van der Waals surface area contributed by atoms with Gasteiger partial charge in [-0.15, -0.1) is 0 Å². The third-order valence-corrected chi connectivity index (χ3v) is 4.13. The summed E-state index contributed by atoms with van der Waals surface area (Å²) in [5, 5.41) is 11.4. The number of benzene rings is 2. The maximum Gasteiger partial charge on any atom is 0.405 e. The molecule has 2 aromatic carbocycles. The molecule has 3 N–H and O–H groups in total. The molecule has 1 aliphatic rings. The highest BCUT2D eigenvalue weighted by atomic mass is 19.1. The molecule has 132 valence electrons. The fraction of sp³-hybridized carbons (Fsp3) is 0.167. The van der Waals surface area contributed by atoms with Crippen LogP contribution in [0.5, 0.6) is 0 Å². The van der Waals surface area contributed by atoms with Crippen LogP contribution in [0.3, 0.4) is 0 Å². The van der Waals surface area contributed by atoms with E-state index in [2.05, 4.69) is 5.32 Å². The van der Waals surface area contributed by atoms with Gasteiger partial charge in [-0.25, -0.2) is 13.6 Å². The quantitative estimate of drug-likeness (QED) is 0.880. The molecule has 2 amide bonds. The number of hydrogen-bond donors (Lipinski definition) is 2. The monoisotopic (exact) mass is 357 g/mol. The second-order valence-corrected chi connectivity index (χ2v) is 5.71. The van der Waals surface area contributed by atoms with Crippen molar-refractivity contribution < 1.29 is 23.1 Å². The Hall–Kier alpha value is -3.47. The lowest BCUT2D eigenvalue weighted by atomic mass is 10.0. The van der Waals surface area contributed by atoms with E-state index in [0.29, 0.717) is 18.4 Å². The zero-order valence-corrected chi connectivity index (χ0v) is 13.4. The van der Waals surface area contributed by atoms with Gasteiger partial charge in [-0.2, -0.15) is 5.26 Å². The average molecular weight is 357 g/mol. The van der Waals surface area contributed by atoms with Gasteiger partial charge in [0.2, 0.25) is 0 Å². The van der Waals surface area contributed by atoms with Crippen LogP contribution >= 0.6 is 0 Å². The molecule has 0 bridgehead atoms. The van der Waals surface area contributed by atoms with E-state index in [1.807, 2.05) is 0 Å². The minimum absolute atomic E-state index is 0.133. The number of amides is 2. The van der Waals surface area contributed by atoms with Crippen LogP contribution in [-0.2, 0) is 11.2 Å². The highest BCUT2D eigenvalue weighted by Gasteiger charge is 2.32. The smallest absolute Gasteiger partial charge is 0.405 e. The lowest BCUT2D eigenvalue weighted by Crippen LogP contribution is -2.18. The molecule has 26 heavy (non-hydrogen) atoms. The van der Waals surface area contributed by atoms with Crippen LogP contribution in [0.15, 0.2) is 30.3 Å². The minimum Gasteiger partial charge on any atom is -0.441 e. The number of anilines is 1. The van der Waals surface area contributed by atoms with Crippen LogP contribution in [0, 0.1) is 23.0 Å². The number of nitriles is 1. The van der Waals surface area contributed by atoms with E-state index >= 15 is 0 Å². The second kappa shape index (κ2) is 6.80. The fourth-order valence-corrected chi connectivity index (χ4v) is 3.03. The van der Waals surface area contributed by atoms with Gasteiger partial charge >= 0.3 is 6.09 Å². The first-order valence-electron chi connectivity index (χ1n) is 7.69. The Kier molecular flexibility index (Phi) is 4.54. The van der Waals surface area contributed by atoms with Gasteiger partial charge in [0.05, 0.1) is 5.56 Å². The number of ether oxygens (including phenoxy) is 1. The molecule has 2 aromatic rings. The maximum absolute atomic E-state index is 14.2. The number of hydrogen-bond acceptors (Lipinski definition) is 4. The first-order chi connectivity index (χ1) is 12.4. The lowest BCUT2D eigenvalue weighted by molar-refractivity contribution is 0.102. The molecular formula is C18H13F2N3O3.